The van der Waals surface area contributed by atoms with E-state index < -0.39 is 0 Å². The quantitative estimate of drug-likeness (QED) is 0.0770. The van der Waals surface area contributed by atoms with Crippen LogP contribution in [0.5, 0.6) is 0 Å². The van der Waals surface area contributed by atoms with Crippen LogP contribution >= 0.6 is 11.6 Å². The van der Waals surface area contributed by atoms with Crippen molar-refractivity contribution in [2.45, 2.75) is 109 Å². The van der Waals surface area contributed by atoms with Crippen LogP contribution < -0.4 is 0 Å². The summed E-state index contributed by atoms with van der Waals surface area (Å²) in [5.74, 6) is 0.599. The molecule has 0 bridgehead atoms. The lowest BCUT2D eigenvalue weighted by atomic mass is 10.0. The zero-order valence-corrected chi connectivity index (χ0v) is 20.2. The lowest BCUT2D eigenvalue weighted by molar-refractivity contribution is -0.139. The van der Waals surface area contributed by atoms with Crippen molar-refractivity contribution in [1.82, 2.24) is 4.90 Å². The van der Waals surface area contributed by atoms with Crippen LogP contribution in [0.25, 0.3) is 0 Å². The van der Waals surface area contributed by atoms with Crippen molar-refractivity contribution < 1.29 is 9.53 Å². The predicted molar refractivity (Wildman–Crippen MR) is 128 cm³/mol. The second kappa shape index (κ2) is 22.2. The maximum Gasteiger partial charge on any atom is 0.333 e. The van der Waals surface area contributed by atoms with E-state index in [1.807, 2.05) is 19.0 Å². The molecule has 0 aromatic heterocycles. The summed E-state index contributed by atoms with van der Waals surface area (Å²) in [5.41, 5.74) is 0.624. The number of esters is 1. The van der Waals surface area contributed by atoms with Gasteiger partial charge in [-0.15, -0.1) is 11.6 Å². The van der Waals surface area contributed by atoms with Gasteiger partial charge in [0.2, 0.25) is 0 Å². The van der Waals surface area contributed by atoms with Gasteiger partial charge in [0.1, 0.15) is 6.61 Å². The molecule has 0 spiro atoms. The van der Waals surface area contributed by atoms with Crippen LogP contribution in [0.1, 0.15) is 109 Å². The first-order valence-electron chi connectivity index (χ1n) is 12.1. The summed E-state index contributed by atoms with van der Waals surface area (Å²) < 4.78 is 5.21. The molecule has 0 radical (unpaired) electrons. The highest BCUT2D eigenvalue weighted by Crippen LogP contribution is 2.15. The van der Waals surface area contributed by atoms with E-state index in [2.05, 4.69) is 6.58 Å². The summed E-state index contributed by atoms with van der Waals surface area (Å²) in [6.45, 7) is 5.07. The van der Waals surface area contributed by atoms with Crippen molar-refractivity contribution in [3.63, 3.8) is 0 Å². The minimum Gasteiger partial charge on any atom is -0.461 e. The Hall–Kier alpha value is -0.540. The number of likely N-dealkylation sites (N-methyl/N-ethyl adjacent to an activating group) is 1. The Labute approximate surface area is 186 Å². The van der Waals surface area contributed by atoms with Gasteiger partial charge in [-0.1, -0.05) is 96.5 Å². The zero-order chi connectivity index (χ0) is 21.6. The fourth-order valence-corrected chi connectivity index (χ4v) is 3.62. The molecule has 0 aromatic carbocycles. The molecule has 0 aliphatic heterocycles. The Morgan fingerprint density at radius 2 is 1.10 bits per heavy atom. The fourth-order valence-electron chi connectivity index (χ4n) is 3.43. The minimum absolute atomic E-state index is 0.224. The number of halogens is 1. The third-order valence-corrected chi connectivity index (χ3v) is 5.69. The molecule has 0 fully saturated rings. The number of rotatable bonds is 22. The van der Waals surface area contributed by atoms with E-state index in [9.17, 15) is 4.79 Å². The third kappa shape index (κ3) is 22.0. The number of hydrogen-bond acceptors (Lipinski definition) is 3. The molecule has 0 N–H and O–H groups in total. The number of nitrogens with zero attached hydrogens (tertiary/aromatic N) is 1. The summed E-state index contributed by atoms with van der Waals surface area (Å²) in [5, 5.41) is 0. The molecular formula is C25H48ClNO2. The molecule has 29 heavy (non-hydrogen) atoms. The van der Waals surface area contributed by atoms with Crippen molar-refractivity contribution in [2.24, 2.45) is 0 Å². The van der Waals surface area contributed by atoms with Gasteiger partial charge in [-0.05, 0) is 33.4 Å². The second-order valence-corrected chi connectivity index (χ2v) is 9.02. The summed E-state index contributed by atoms with van der Waals surface area (Å²) >= 11 is 5.69. The molecule has 0 atom stereocenters. The van der Waals surface area contributed by atoms with Crippen molar-refractivity contribution in [2.75, 3.05) is 33.1 Å². The van der Waals surface area contributed by atoms with Crippen molar-refractivity contribution in [3.05, 3.63) is 12.2 Å². The first-order valence-corrected chi connectivity index (χ1v) is 12.7. The molecular weight excluding hydrogens is 382 g/mol. The topological polar surface area (TPSA) is 29.5 Å². The van der Waals surface area contributed by atoms with E-state index in [1.165, 1.54) is 96.3 Å². The largest absolute Gasteiger partial charge is 0.461 e. The Balaban J connectivity index is 3.23. The normalized spacial score (nSPS) is 11.2. The van der Waals surface area contributed by atoms with Crippen LogP contribution in [-0.2, 0) is 9.53 Å². The van der Waals surface area contributed by atoms with E-state index in [-0.39, 0.29) is 5.97 Å². The maximum absolute atomic E-state index is 11.8. The average Bonchev–Trinajstić information content (AvgIpc) is 2.69. The van der Waals surface area contributed by atoms with E-state index in [0.29, 0.717) is 12.2 Å². The zero-order valence-electron chi connectivity index (χ0n) is 19.5. The van der Waals surface area contributed by atoms with Crippen LogP contribution in [0, 0.1) is 0 Å². The van der Waals surface area contributed by atoms with Crippen LogP contribution in [0.4, 0.5) is 0 Å². The molecule has 0 aliphatic rings. The monoisotopic (exact) mass is 429 g/mol. The van der Waals surface area contributed by atoms with E-state index in [1.54, 1.807) is 0 Å². The molecule has 3 nitrogen and oxygen atoms in total. The number of unbranched alkanes of at least 4 members (excludes halogenated alkanes) is 15. The summed E-state index contributed by atoms with van der Waals surface area (Å²) in [7, 11) is 3.94. The summed E-state index contributed by atoms with van der Waals surface area (Å²) in [6, 6.07) is 0. The molecule has 0 saturated carbocycles. The van der Waals surface area contributed by atoms with Crippen LogP contribution in [0.2, 0.25) is 0 Å². The lowest BCUT2D eigenvalue weighted by Crippen LogP contribution is -2.20. The SMILES string of the molecule is C=C(CCCCCCCCCCCCCCCCCCCl)C(=O)OCCN(C)C. The van der Waals surface area contributed by atoms with Gasteiger partial charge < -0.3 is 9.64 Å². The van der Waals surface area contributed by atoms with Gasteiger partial charge in [0, 0.05) is 18.0 Å². The third-order valence-electron chi connectivity index (χ3n) is 5.42. The molecule has 0 amide bonds. The van der Waals surface area contributed by atoms with Crippen LogP contribution in [-0.4, -0.2) is 44.0 Å². The smallest absolute Gasteiger partial charge is 0.333 e. The summed E-state index contributed by atoms with van der Waals surface area (Å²) in [4.78, 5) is 13.8. The van der Waals surface area contributed by atoms with E-state index in [4.69, 9.17) is 16.3 Å². The predicted octanol–water partition coefficient (Wildman–Crippen LogP) is 7.52. The molecule has 0 rings (SSSR count). The number of hydrogen-bond donors (Lipinski definition) is 0. The van der Waals surface area contributed by atoms with Gasteiger partial charge >= 0.3 is 5.97 Å². The Bertz CT molecular complexity index is 385. The molecule has 0 unspecified atom stereocenters. The van der Waals surface area contributed by atoms with Gasteiger partial charge in [0.25, 0.3) is 0 Å². The maximum atomic E-state index is 11.8. The molecule has 0 aliphatic carbocycles. The average molecular weight is 430 g/mol. The van der Waals surface area contributed by atoms with Crippen molar-refractivity contribution in [1.29, 1.82) is 0 Å². The number of carbonyl (C=O) groups is 1. The molecule has 172 valence electrons. The second-order valence-electron chi connectivity index (χ2n) is 8.64. The molecule has 0 heterocycles. The molecule has 0 aromatic rings. The van der Waals surface area contributed by atoms with Crippen LogP contribution in [0.15, 0.2) is 12.2 Å². The van der Waals surface area contributed by atoms with Gasteiger partial charge in [0.15, 0.2) is 0 Å². The van der Waals surface area contributed by atoms with E-state index in [0.717, 1.165) is 25.3 Å². The lowest BCUT2D eigenvalue weighted by Gasteiger charge is -2.11. The molecule has 0 saturated heterocycles. The van der Waals surface area contributed by atoms with Gasteiger partial charge in [-0.25, -0.2) is 4.79 Å². The first kappa shape index (κ1) is 28.5. The first-order chi connectivity index (χ1) is 14.1. The van der Waals surface area contributed by atoms with Crippen molar-refractivity contribution in [3.8, 4) is 0 Å². The van der Waals surface area contributed by atoms with E-state index >= 15 is 0 Å². The fraction of sp³-hybridized carbons (Fsp3) is 0.880. The van der Waals surface area contributed by atoms with Gasteiger partial charge in [0.05, 0.1) is 0 Å². The highest BCUT2D eigenvalue weighted by molar-refractivity contribution is 6.17. The van der Waals surface area contributed by atoms with Gasteiger partial charge in [-0.3, -0.25) is 0 Å². The summed E-state index contributed by atoms with van der Waals surface area (Å²) in [6.07, 6.45) is 22.0. The standard InChI is InChI=1S/C25H48ClNO2/c1-24(25(28)29-23-22-27(2)3)20-18-16-14-12-10-8-6-4-5-7-9-11-13-15-17-19-21-26/h1,4-23H2,2-3H3. The van der Waals surface area contributed by atoms with Gasteiger partial charge in [-0.2, -0.15) is 0 Å². The number of carbonyl (C=O) groups excluding carboxylic acids is 1. The Kier molecular flexibility index (Phi) is 21.7. The highest BCUT2D eigenvalue weighted by atomic mass is 35.5. The molecule has 4 heteroatoms. The Morgan fingerprint density at radius 3 is 1.48 bits per heavy atom. The minimum atomic E-state index is -0.224. The Morgan fingerprint density at radius 1 is 0.724 bits per heavy atom. The van der Waals surface area contributed by atoms with Crippen molar-refractivity contribution >= 4 is 17.6 Å². The number of ether oxygens (including phenoxy) is 1. The van der Waals surface area contributed by atoms with Crippen LogP contribution in [0.3, 0.4) is 0 Å². The highest BCUT2D eigenvalue weighted by Gasteiger charge is 2.08. The number of alkyl halides is 1.